The topological polar surface area (TPSA) is 84.0 Å². The summed E-state index contributed by atoms with van der Waals surface area (Å²) in [6.45, 7) is 3.66. The van der Waals surface area contributed by atoms with E-state index in [2.05, 4.69) is 4.98 Å². The Balaban J connectivity index is 1.93. The third-order valence-electron chi connectivity index (χ3n) is 2.84. The summed E-state index contributed by atoms with van der Waals surface area (Å²) in [6, 6.07) is 7.81. The minimum Gasteiger partial charge on any atom is -0.435 e. The Morgan fingerprint density at radius 3 is 2.56 bits per heavy atom. The maximum atomic E-state index is 11.5. The molecule has 25 heavy (non-hydrogen) atoms. The highest BCUT2D eigenvalue weighted by atomic mass is 32.2. The van der Waals surface area contributed by atoms with Crippen LogP contribution in [-0.2, 0) is 18.9 Å². The number of nitrogens with zero attached hydrogens (tertiary/aromatic N) is 1. The van der Waals surface area contributed by atoms with Gasteiger partial charge in [0.2, 0.25) is 0 Å². The summed E-state index contributed by atoms with van der Waals surface area (Å²) in [5.74, 6) is 0.373. The van der Waals surface area contributed by atoms with Crippen molar-refractivity contribution in [1.29, 1.82) is 0 Å². The highest BCUT2D eigenvalue weighted by molar-refractivity contribution is 8.01. The van der Waals surface area contributed by atoms with Crippen LogP contribution >= 0.6 is 23.1 Å². The van der Waals surface area contributed by atoms with Gasteiger partial charge in [-0.2, -0.15) is 0 Å². The van der Waals surface area contributed by atoms with E-state index in [0.717, 1.165) is 14.6 Å². The van der Waals surface area contributed by atoms with Gasteiger partial charge >= 0.3 is 12.3 Å². The van der Waals surface area contributed by atoms with Crippen molar-refractivity contribution < 1.29 is 28.5 Å². The van der Waals surface area contributed by atoms with E-state index >= 15 is 0 Å². The van der Waals surface area contributed by atoms with Crippen molar-refractivity contribution in [3.05, 3.63) is 24.3 Å². The number of aromatic nitrogens is 1. The first-order valence-corrected chi connectivity index (χ1v) is 9.53. The largest absolute Gasteiger partial charge is 0.508 e. The van der Waals surface area contributed by atoms with Gasteiger partial charge in [-0.15, -0.1) is 11.3 Å². The zero-order valence-electron chi connectivity index (χ0n) is 13.9. The van der Waals surface area contributed by atoms with Gasteiger partial charge in [-0.1, -0.05) is 23.9 Å². The second kappa shape index (κ2) is 10.1. The average Bonchev–Trinajstić information content (AvgIpc) is 3.00. The van der Waals surface area contributed by atoms with Crippen molar-refractivity contribution in [3.8, 4) is 0 Å². The summed E-state index contributed by atoms with van der Waals surface area (Å²) < 4.78 is 21.5. The van der Waals surface area contributed by atoms with E-state index in [-0.39, 0.29) is 19.8 Å². The molecule has 1 aromatic heterocycles. The van der Waals surface area contributed by atoms with Crippen LogP contribution in [0, 0.1) is 0 Å². The van der Waals surface area contributed by atoms with Crippen molar-refractivity contribution in [2.24, 2.45) is 0 Å². The Morgan fingerprint density at radius 1 is 1.12 bits per heavy atom. The van der Waals surface area contributed by atoms with Crippen molar-refractivity contribution in [3.63, 3.8) is 0 Å². The number of carbonyl (C=O) groups excluding carboxylic acids is 2. The van der Waals surface area contributed by atoms with Crippen LogP contribution in [0.1, 0.15) is 13.8 Å². The van der Waals surface area contributed by atoms with Crippen molar-refractivity contribution in [2.45, 2.75) is 24.3 Å². The van der Waals surface area contributed by atoms with Gasteiger partial charge in [0.05, 0.1) is 23.4 Å². The molecule has 0 radical (unpaired) electrons. The quantitative estimate of drug-likeness (QED) is 0.496. The molecule has 9 heteroatoms. The van der Waals surface area contributed by atoms with E-state index < -0.39 is 18.4 Å². The van der Waals surface area contributed by atoms with Crippen LogP contribution in [0.3, 0.4) is 0 Å². The minimum atomic E-state index is -0.801. The molecule has 136 valence electrons. The predicted molar refractivity (Wildman–Crippen MR) is 95.2 cm³/mol. The van der Waals surface area contributed by atoms with Gasteiger partial charge < -0.3 is 18.9 Å². The molecule has 7 nitrogen and oxygen atoms in total. The van der Waals surface area contributed by atoms with Crippen LogP contribution in [0.4, 0.5) is 9.59 Å². The average molecular weight is 385 g/mol. The van der Waals surface area contributed by atoms with E-state index in [1.54, 1.807) is 25.2 Å². The van der Waals surface area contributed by atoms with Crippen LogP contribution in [-0.4, -0.2) is 49.0 Å². The lowest BCUT2D eigenvalue weighted by molar-refractivity contribution is -0.00689. The zero-order chi connectivity index (χ0) is 18.1. The number of ether oxygens (including phenoxy) is 4. The third kappa shape index (κ3) is 6.43. The SMILES string of the molecule is CCOC(=O)OCC(CSc1nc2ccccc2s1)OC(=O)OCC. The van der Waals surface area contributed by atoms with Crippen LogP contribution < -0.4 is 0 Å². The summed E-state index contributed by atoms with van der Waals surface area (Å²) in [7, 11) is 0. The number of hydrogen-bond donors (Lipinski definition) is 0. The monoisotopic (exact) mass is 385 g/mol. The number of rotatable bonds is 8. The van der Waals surface area contributed by atoms with Crippen molar-refractivity contribution in [1.82, 2.24) is 4.98 Å². The molecule has 2 rings (SSSR count). The molecular weight excluding hydrogens is 366 g/mol. The standard InChI is InChI=1S/C16H19NO6S2/c1-3-20-15(18)22-9-11(23-16(19)21-4-2)10-24-14-17-12-7-5-6-8-13(12)25-14/h5-8,11H,3-4,9-10H2,1-2H3. The summed E-state index contributed by atoms with van der Waals surface area (Å²) >= 11 is 2.97. The van der Waals surface area contributed by atoms with Gasteiger partial charge in [0.25, 0.3) is 0 Å². The molecule has 1 aromatic carbocycles. The van der Waals surface area contributed by atoms with E-state index in [9.17, 15) is 9.59 Å². The maximum absolute atomic E-state index is 11.5. The van der Waals surface area contributed by atoms with E-state index in [0.29, 0.717) is 5.75 Å². The number of hydrogen-bond acceptors (Lipinski definition) is 9. The molecule has 1 heterocycles. The highest BCUT2D eigenvalue weighted by Crippen LogP contribution is 2.30. The van der Waals surface area contributed by atoms with Crippen LogP contribution in [0.2, 0.25) is 0 Å². The third-order valence-corrected chi connectivity index (χ3v) is 5.15. The second-order valence-electron chi connectivity index (χ2n) is 4.68. The smallest absolute Gasteiger partial charge is 0.435 e. The molecule has 0 aliphatic rings. The number of thioether (sulfide) groups is 1. The Hall–Kier alpha value is -2.00. The molecule has 0 N–H and O–H groups in total. The predicted octanol–water partition coefficient (Wildman–Crippen LogP) is 4.10. The molecular formula is C16H19NO6S2. The molecule has 0 spiro atoms. The Kier molecular flexibility index (Phi) is 7.80. The molecule has 0 aliphatic carbocycles. The molecule has 0 aliphatic heterocycles. The van der Waals surface area contributed by atoms with Gasteiger partial charge in [0, 0.05) is 5.75 Å². The van der Waals surface area contributed by atoms with Crippen molar-refractivity contribution in [2.75, 3.05) is 25.6 Å². The lowest BCUT2D eigenvalue weighted by Gasteiger charge is -2.16. The minimum absolute atomic E-state index is 0.116. The fraction of sp³-hybridized carbons (Fsp3) is 0.438. The zero-order valence-corrected chi connectivity index (χ0v) is 15.6. The summed E-state index contributed by atoms with van der Waals surface area (Å²) in [5.41, 5.74) is 0.917. The van der Waals surface area contributed by atoms with Gasteiger partial charge in [-0.3, -0.25) is 0 Å². The summed E-state index contributed by atoms with van der Waals surface area (Å²) in [6.07, 6.45) is -2.27. The number of carbonyl (C=O) groups is 2. The molecule has 2 aromatic rings. The molecule has 0 fully saturated rings. The lowest BCUT2D eigenvalue weighted by atomic mass is 10.3. The fourth-order valence-corrected chi connectivity index (χ4v) is 3.86. The first-order chi connectivity index (χ1) is 12.1. The van der Waals surface area contributed by atoms with Crippen molar-refractivity contribution >= 4 is 45.6 Å². The van der Waals surface area contributed by atoms with E-state index in [1.165, 1.54) is 11.8 Å². The summed E-state index contributed by atoms with van der Waals surface area (Å²) in [5, 5.41) is 0. The first kappa shape index (κ1) is 19.3. The van der Waals surface area contributed by atoms with Crippen LogP contribution in [0.15, 0.2) is 28.6 Å². The highest BCUT2D eigenvalue weighted by Gasteiger charge is 2.19. The number of para-hydroxylation sites is 1. The van der Waals surface area contributed by atoms with Gasteiger partial charge in [-0.05, 0) is 26.0 Å². The molecule has 0 saturated carbocycles. The molecule has 0 bridgehead atoms. The number of fused-ring (bicyclic) bond motifs is 1. The van der Waals surface area contributed by atoms with Gasteiger partial charge in [0.15, 0.2) is 4.34 Å². The second-order valence-corrected chi connectivity index (χ2v) is 6.97. The van der Waals surface area contributed by atoms with E-state index in [1.807, 2.05) is 24.3 Å². The van der Waals surface area contributed by atoms with Gasteiger partial charge in [0.1, 0.15) is 12.7 Å². The maximum Gasteiger partial charge on any atom is 0.508 e. The lowest BCUT2D eigenvalue weighted by Crippen LogP contribution is -2.28. The number of thiazole rings is 1. The van der Waals surface area contributed by atoms with E-state index in [4.69, 9.17) is 18.9 Å². The molecule has 0 amide bonds. The number of benzene rings is 1. The van der Waals surface area contributed by atoms with Crippen LogP contribution in [0.25, 0.3) is 10.2 Å². The Labute approximate surface area is 153 Å². The molecule has 1 atom stereocenters. The van der Waals surface area contributed by atoms with Gasteiger partial charge in [-0.25, -0.2) is 14.6 Å². The molecule has 1 unspecified atom stereocenters. The fourth-order valence-electron chi connectivity index (χ4n) is 1.80. The first-order valence-electron chi connectivity index (χ1n) is 7.73. The Morgan fingerprint density at radius 2 is 1.84 bits per heavy atom. The molecule has 0 saturated heterocycles. The summed E-state index contributed by atoms with van der Waals surface area (Å²) in [4.78, 5) is 27.4. The Bertz CT molecular complexity index is 672. The van der Waals surface area contributed by atoms with Crippen LogP contribution in [0.5, 0.6) is 0 Å². The normalized spacial score (nSPS) is 11.8.